The summed E-state index contributed by atoms with van der Waals surface area (Å²) < 4.78 is 5.65. The molecule has 35 heavy (non-hydrogen) atoms. The average molecular weight is 477 g/mol. The number of nitrogens with one attached hydrogen (secondary N) is 1. The van der Waals surface area contributed by atoms with Crippen LogP contribution in [0.4, 0.5) is 0 Å². The van der Waals surface area contributed by atoms with Crippen LogP contribution in [0.1, 0.15) is 49.1 Å². The van der Waals surface area contributed by atoms with Gasteiger partial charge in [0.15, 0.2) is 5.78 Å². The average Bonchev–Trinajstić information content (AvgIpc) is 3.58. The number of likely N-dealkylation sites (tertiary alicyclic amines) is 1. The van der Waals surface area contributed by atoms with Gasteiger partial charge in [-0.15, -0.1) is 0 Å². The van der Waals surface area contributed by atoms with Crippen molar-refractivity contribution in [2.45, 2.75) is 56.1 Å². The Hall–Kier alpha value is -3.19. The molecule has 2 heterocycles. The highest BCUT2D eigenvalue weighted by molar-refractivity contribution is 5.97. The second-order valence-electron chi connectivity index (χ2n) is 10.1. The maximum absolute atomic E-state index is 13.6. The molecule has 0 aromatic heterocycles. The summed E-state index contributed by atoms with van der Waals surface area (Å²) in [5, 5.41) is 12.7. The van der Waals surface area contributed by atoms with Crippen LogP contribution in [-0.4, -0.2) is 58.9 Å². The van der Waals surface area contributed by atoms with E-state index in [9.17, 15) is 19.5 Å². The fraction of sp³-hybridized carbons (Fsp3) is 0.464. The number of ether oxygens (including phenoxy) is 1. The van der Waals surface area contributed by atoms with Gasteiger partial charge in [-0.25, -0.2) is 0 Å². The highest BCUT2D eigenvalue weighted by Crippen LogP contribution is 2.38. The van der Waals surface area contributed by atoms with Gasteiger partial charge in [0.25, 0.3) is 0 Å². The number of ketones is 1. The van der Waals surface area contributed by atoms with Crippen molar-refractivity contribution in [2.75, 3.05) is 19.7 Å². The summed E-state index contributed by atoms with van der Waals surface area (Å²) >= 11 is 0. The van der Waals surface area contributed by atoms with Gasteiger partial charge < -0.3 is 20.1 Å². The third-order valence-electron chi connectivity index (χ3n) is 7.87. The molecular weight excluding hydrogens is 444 g/mol. The number of phenolic OH excluding ortho intramolecular Hbond substituents is 1. The summed E-state index contributed by atoms with van der Waals surface area (Å²) in [5.41, 5.74) is 1.13. The van der Waals surface area contributed by atoms with Crippen molar-refractivity contribution in [1.29, 1.82) is 0 Å². The topological polar surface area (TPSA) is 95.9 Å². The number of aromatic hydroxyl groups is 1. The first-order valence-electron chi connectivity index (χ1n) is 12.5. The van der Waals surface area contributed by atoms with E-state index in [0.717, 1.165) is 24.8 Å². The van der Waals surface area contributed by atoms with Crippen LogP contribution in [0.3, 0.4) is 0 Å². The number of carbonyl (C=O) groups excluding carboxylic acids is 3. The quantitative estimate of drug-likeness (QED) is 0.641. The zero-order chi connectivity index (χ0) is 24.4. The lowest BCUT2D eigenvalue weighted by atomic mass is 9.89. The maximum atomic E-state index is 13.6. The molecule has 2 aromatic rings. The molecule has 1 saturated carbocycles. The Balaban J connectivity index is 1.30. The minimum absolute atomic E-state index is 0.0289. The van der Waals surface area contributed by atoms with Crippen molar-refractivity contribution in [2.24, 2.45) is 5.92 Å². The van der Waals surface area contributed by atoms with Gasteiger partial charge >= 0.3 is 0 Å². The van der Waals surface area contributed by atoms with E-state index in [1.807, 2.05) is 23.1 Å². The molecule has 2 amide bonds. The molecule has 2 saturated heterocycles. The van der Waals surface area contributed by atoms with Crippen LogP contribution in [0.2, 0.25) is 0 Å². The molecule has 0 bridgehead atoms. The Morgan fingerprint density at radius 1 is 1.11 bits per heavy atom. The normalized spacial score (nSPS) is 26.5. The van der Waals surface area contributed by atoms with E-state index >= 15 is 0 Å². The largest absolute Gasteiger partial charge is 0.508 e. The molecule has 3 fully saturated rings. The molecule has 184 valence electrons. The number of fused-ring (bicyclic) bond motifs is 1. The number of hydrogen-bond donors (Lipinski definition) is 2. The molecule has 2 aliphatic heterocycles. The third-order valence-corrected chi connectivity index (χ3v) is 7.87. The molecule has 1 aliphatic carbocycles. The number of nitrogens with zero attached hydrogens (tertiary/aromatic N) is 1. The zero-order valence-electron chi connectivity index (χ0n) is 19.8. The van der Waals surface area contributed by atoms with Crippen molar-refractivity contribution in [3.05, 3.63) is 65.7 Å². The van der Waals surface area contributed by atoms with Crippen molar-refractivity contribution >= 4 is 17.6 Å². The van der Waals surface area contributed by atoms with Crippen LogP contribution in [-0.2, 0) is 25.5 Å². The Labute approximate surface area is 205 Å². The number of Topliss-reactive ketones (excluding diaryl/α,β-unsaturated/α-hetero) is 1. The smallest absolute Gasteiger partial charge is 0.224 e. The Morgan fingerprint density at radius 2 is 1.89 bits per heavy atom. The number of phenols is 1. The van der Waals surface area contributed by atoms with E-state index in [2.05, 4.69) is 17.4 Å². The van der Waals surface area contributed by atoms with Crippen LogP contribution >= 0.6 is 0 Å². The highest BCUT2D eigenvalue weighted by atomic mass is 16.5. The number of amides is 2. The van der Waals surface area contributed by atoms with Gasteiger partial charge in [-0.05, 0) is 55.4 Å². The molecule has 3 aliphatic rings. The minimum Gasteiger partial charge on any atom is -0.508 e. The molecule has 0 spiro atoms. The lowest BCUT2D eigenvalue weighted by molar-refractivity contribution is -0.137. The van der Waals surface area contributed by atoms with E-state index in [4.69, 9.17) is 4.74 Å². The fourth-order valence-corrected chi connectivity index (χ4v) is 5.86. The lowest BCUT2D eigenvalue weighted by Crippen LogP contribution is -2.57. The Bertz CT molecular complexity index is 1090. The van der Waals surface area contributed by atoms with Crippen molar-refractivity contribution in [1.82, 2.24) is 10.2 Å². The summed E-state index contributed by atoms with van der Waals surface area (Å²) in [6, 6.07) is 16.9. The van der Waals surface area contributed by atoms with Crippen LogP contribution in [0, 0.1) is 5.92 Å². The van der Waals surface area contributed by atoms with Crippen LogP contribution in [0.15, 0.2) is 54.6 Å². The van der Waals surface area contributed by atoms with Gasteiger partial charge in [0.1, 0.15) is 17.9 Å². The fourth-order valence-electron chi connectivity index (χ4n) is 5.86. The molecule has 7 nitrogen and oxygen atoms in total. The van der Waals surface area contributed by atoms with Crippen LogP contribution < -0.4 is 5.32 Å². The molecule has 4 unspecified atom stereocenters. The predicted molar refractivity (Wildman–Crippen MR) is 130 cm³/mol. The third kappa shape index (κ3) is 4.82. The molecule has 7 heteroatoms. The SMILES string of the molecule is O=C(NC12CCCC1OCC2=O)C(CC(=O)N1CCC(c2ccccc2)C1)Cc1ccc(O)cc1. The summed E-state index contributed by atoms with van der Waals surface area (Å²) in [6.07, 6.45) is 3.20. The van der Waals surface area contributed by atoms with Crippen molar-refractivity contribution in [3.8, 4) is 5.75 Å². The van der Waals surface area contributed by atoms with E-state index in [-0.39, 0.29) is 42.5 Å². The van der Waals surface area contributed by atoms with E-state index in [1.165, 1.54) is 5.56 Å². The molecule has 2 aromatic carbocycles. The molecule has 2 N–H and O–H groups in total. The lowest BCUT2D eigenvalue weighted by Gasteiger charge is -2.30. The van der Waals surface area contributed by atoms with E-state index in [0.29, 0.717) is 31.8 Å². The van der Waals surface area contributed by atoms with Gasteiger partial charge in [0, 0.05) is 25.4 Å². The number of rotatable bonds is 7. The minimum atomic E-state index is -0.959. The van der Waals surface area contributed by atoms with Gasteiger partial charge in [-0.3, -0.25) is 14.4 Å². The Morgan fingerprint density at radius 3 is 2.66 bits per heavy atom. The van der Waals surface area contributed by atoms with E-state index in [1.54, 1.807) is 24.3 Å². The predicted octanol–water partition coefficient (Wildman–Crippen LogP) is 2.96. The second-order valence-corrected chi connectivity index (χ2v) is 10.1. The zero-order valence-corrected chi connectivity index (χ0v) is 19.8. The standard InChI is InChI=1S/C28H32N2O5/c31-23-10-8-19(9-11-23)15-22(27(34)29-28-13-4-7-25(28)35-18-24(28)32)16-26(33)30-14-12-21(17-30)20-5-2-1-3-6-20/h1-3,5-6,8-11,21-22,25,31H,4,7,12-18H2,(H,29,34). The summed E-state index contributed by atoms with van der Waals surface area (Å²) in [4.78, 5) is 41.4. The number of benzene rings is 2. The molecule has 5 rings (SSSR count). The van der Waals surface area contributed by atoms with Gasteiger partial charge in [-0.2, -0.15) is 0 Å². The van der Waals surface area contributed by atoms with Crippen molar-refractivity contribution in [3.63, 3.8) is 0 Å². The van der Waals surface area contributed by atoms with Crippen molar-refractivity contribution < 1.29 is 24.2 Å². The van der Waals surface area contributed by atoms with Gasteiger partial charge in [0.05, 0.1) is 12.0 Å². The number of hydrogen-bond acceptors (Lipinski definition) is 5. The van der Waals surface area contributed by atoms with Crippen LogP contribution in [0.5, 0.6) is 5.75 Å². The maximum Gasteiger partial charge on any atom is 0.224 e. The monoisotopic (exact) mass is 476 g/mol. The first-order valence-corrected chi connectivity index (χ1v) is 12.5. The van der Waals surface area contributed by atoms with Gasteiger partial charge in [-0.1, -0.05) is 42.5 Å². The molecule has 4 atom stereocenters. The van der Waals surface area contributed by atoms with E-state index < -0.39 is 11.5 Å². The summed E-state index contributed by atoms with van der Waals surface area (Å²) in [6.45, 7) is 1.35. The van der Waals surface area contributed by atoms with Crippen LogP contribution in [0.25, 0.3) is 0 Å². The highest BCUT2D eigenvalue weighted by Gasteiger charge is 2.55. The second kappa shape index (κ2) is 9.82. The summed E-state index contributed by atoms with van der Waals surface area (Å²) in [5.74, 6) is -0.569. The first kappa shape index (κ1) is 23.5. The Kier molecular flexibility index (Phi) is 6.60. The molecule has 0 radical (unpaired) electrons. The summed E-state index contributed by atoms with van der Waals surface area (Å²) in [7, 11) is 0. The molecular formula is C28H32N2O5. The first-order chi connectivity index (χ1) is 16.9. The van der Waals surface area contributed by atoms with Gasteiger partial charge in [0.2, 0.25) is 11.8 Å². The number of carbonyl (C=O) groups is 3.